The van der Waals surface area contributed by atoms with Crippen LogP contribution < -0.4 is 19.5 Å². The van der Waals surface area contributed by atoms with E-state index in [9.17, 15) is 22.4 Å². The molecule has 0 radical (unpaired) electrons. The summed E-state index contributed by atoms with van der Waals surface area (Å²) in [5.41, 5.74) is 0.986. The smallest absolute Gasteiger partial charge is 0.261 e. The minimum atomic E-state index is -3.93. The fraction of sp³-hybridized carbons (Fsp3) is 0.200. The lowest BCUT2D eigenvalue weighted by Crippen LogP contribution is -2.48. The SMILES string of the molecule is COc1ccc(CN(C(=O)COc2ccc(S(=O)(=O)Nc3ccc(F)cc3)cc2)C(C)C(=O)NCc2ccco2)cc1. The third-order valence-electron chi connectivity index (χ3n) is 6.29. The van der Waals surface area contributed by atoms with Crippen molar-refractivity contribution in [1.82, 2.24) is 10.2 Å². The Morgan fingerprint density at radius 1 is 0.952 bits per heavy atom. The van der Waals surface area contributed by atoms with Crippen LogP contribution in [0.5, 0.6) is 11.5 Å². The topological polar surface area (TPSA) is 127 Å². The van der Waals surface area contributed by atoms with Gasteiger partial charge in [-0.05, 0) is 85.3 Å². The van der Waals surface area contributed by atoms with Gasteiger partial charge in [0, 0.05) is 12.2 Å². The van der Waals surface area contributed by atoms with Crippen molar-refractivity contribution in [2.75, 3.05) is 18.4 Å². The second kappa shape index (κ2) is 13.7. The zero-order valence-corrected chi connectivity index (χ0v) is 23.8. The zero-order chi connectivity index (χ0) is 30.1. The summed E-state index contributed by atoms with van der Waals surface area (Å²) in [6.45, 7) is 1.52. The van der Waals surface area contributed by atoms with Crippen LogP contribution in [0.3, 0.4) is 0 Å². The highest BCUT2D eigenvalue weighted by Gasteiger charge is 2.27. The first-order chi connectivity index (χ1) is 20.1. The number of sulfonamides is 1. The zero-order valence-electron chi connectivity index (χ0n) is 23.0. The Labute approximate surface area is 243 Å². The Morgan fingerprint density at radius 3 is 2.24 bits per heavy atom. The lowest BCUT2D eigenvalue weighted by molar-refractivity contribution is -0.142. The lowest BCUT2D eigenvalue weighted by atomic mass is 10.1. The second-order valence-corrected chi connectivity index (χ2v) is 10.9. The van der Waals surface area contributed by atoms with E-state index in [-0.39, 0.29) is 35.3 Å². The van der Waals surface area contributed by atoms with E-state index in [0.29, 0.717) is 11.5 Å². The fourth-order valence-electron chi connectivity index (χ4n) is 3.92. The Hall–Kier alpha value is -4.84. The van der Waals surface area contributed by atoms with E-state index in [4.69, 9.17) is 13.9 Å². The van der Waals surface area contributed by atoms with Gasteiger partial charge in [0.1, 0.15) is 29.1 Å². The normalized spacial score (nSPS) is 11.8. The summed E-state index contributed by atoms with van der Waals surface area (Å²) in [7, 11) is -2.38. The van der Waals surface area contributed by atoms with E-state index < -0.39 is 34.4 Å². The van der Waals surface area contributed by atoms with Crippen LogP contribution in [0.1, 0.15) is 18.2 Å². The maximum atomic E-state index is 13.3. The number of hydrogen-bond acceptors (Lipinski definition) is 7. The lowest BCUT2D eigenvalue weighted by Gasteiger charge is -2.28. The van der Waals surface area contributed by atoms with E-state index >= 15 is 0 Å². The van der Waals surface area contributed by atoms with Crippen molar-refractivity contribution in [3.05, 3.63) is 108 Å². The summed E-state index contributed by atoms with van der Waals surface area (Å²) in [4.78, 5) is 27.6. The second-order valence-electron chi connectivity index (χ2n) is 9.22. The number of furan rings is 1. The number of halogens is 1. The molecule has 0 fully saturated rings. The highest BCUT2D eigenvalue weighted by Crippen LogP contribution is 2.20. The van der Waals surface area contributed by atoms with Crippen LogP contribution in [-0.2, 0) is 32.7 Å². The fourth-order valence-corrected chi connectivity index (χ4v) is 4.98. The monoisotopic (exact) mass is 595 g/mol. The van der Waals surface area contributed by atoms with Crippen LogP contribution in [0.15, 0.2) is 101 Å². The molecule has 4 rings (SSSR count). The number of amides is 2. The van der Waals surface area contributed by atoms with Crippen molar-refractivity contribution in [3.63, 3.8) is 0 Å². The van der Waals surface area contributed by atoms with Crippen molar-refractivity contribution in [3.8, 4) is 11.5 Å². The molecule has 1 unspecified atom stereocenters. The number of anilines is 1. The number of carbonyl (C=O) groups excluding carboxylic acids is 2. The Kier molecular flexibility index (Phi) is 9.81. The molecule has 1 atom stereocenters. The molecule has 220 valence electrons. The Bertz CT molecular complexity index is 1580. The first kappa shape index (κ1) is 30.1. The molecule has 0 saturated carbocycles. The molecule has 0 saturated heterocycles. The van der Waals surface area contributed by atoms with E-state index in [1.54, 1.807) is 50.4 Å². The van der Waals surface area contributed by atoms with Crippen molar-refractivity contribution < 1.29 is 36.3 Å². The molecule has 0 spiro atoms. The van der Waals surface area contributed by atoms with Crippen LogP contribution in [0.2, 0.25) is 0 Å². The van der Waals surface area contributed by atoms with Gasteiger partial charge >= 0.3 is 0 Å². The highest BCUT2D eigenvalue weighted by molar-refractivity contribution is 7.92. The predicted molar refractivity (Wildman–Crippen MR) is 153 cm³/mol. The highest BCUT2D eigenvalue weighted by atomic mass is 32.2. The molecule has 0 aliphatic carbocycles. The van der Waals surface area contributed by atoms with Gasteiger partial charge in [0.05, 0.1) is 24.8 Å². The molecular formula is C30H30FN3O7S. The summed E-state index contributed by atoms with van der Waals surface area (Å²) in [5, 5.41) is 2.77. The average Bonchev–Trinajstić information content (AvgIpc) is 3.52. The molecule has 12 heteroatoms. The molecule has 0 bridgehead atoms. The summed E-state index contributed by atoms with van der Waals surface area (Å²) in [6, 6.07) is 20.1. The van der Waals surface area contributed by atoms with Crippen LogP contribution >= 0.6 is 0 Å². The van der Waals surface area contributed by atoms with Crippen LogP contribution in [0.4, 0.5) is 10.1 Å². The molecule has 2 N–H and O–H groups in total. The molecule has 1 heterocycles. The molecule has 3 aromatic carbocycles. The third-order valence-corrected chi connectivity index (χ3v) is 7.69. The summed E-state index contributed by atoms with van der Waals surface area (Å²) >= 11 is 0. The minimum absolute atomic E-state index is 0.0477. The van der Waals surface area contributed by atoms with Gasteiger partial charge in [-0.3, -0.25) is 14.3 Å². The first-order valence-corrected chi connectivity index (χ1v) is 14.4. The number of nitrogens with one attached hydrogen (secondary N) is 2. The van der Waals surface area contributed by atoms with Crippen molar-refractivity contribution in [1.29, 1.82) is 0 Å². The Morgan fingerprint density at radius 2 is 1.62 bits per heavy atom. The van der Waals surface area contributed by atoms with Crippen molar-refractivity contribution in [2.45, 2.75) is 31.0 Å². The number of hydrogen-bond donors (Lipinski definition) is 2. The quantitative estimate of drug-likeness (QED) is 0.235. The van der Waals surface area contributed by atoms with Gasteiger partial charge in [0.15, 0.2) is 6.61 Å². The van der Waals surface area contributed by atoms with Gasteiger partial charge in [0.2, 0.25) is 5.91 Å². The predicted octanol–water partition coefficient (Wildman–Crippen LogP) is 4.34. The van der Waals surface area contributed by atoms with Gasteiger partial charge in [0.25, 0.3) is 15.9 Å². The number of carbonyl (C=O) groups is 2. The molecule has 42 heavy (non-hydrogen) atoms. The number of nitrogens with zero attached hydrogens (tertiary/aromatic N) is 1. The van der Waals surface area contributed by atoms with E-state index in [2.05, 4.69) is 10.0 Å². The van der Waals surface area contributed by atoms with Gasteiger partial charge in [-0.25, -0.2) is 12.8 Å². The largest absolute Gasteiger partial charge is 0.497 e. The maximum Gasteiger partial charge on any atom is 0.261 e. The summed E-state index contributed by atoms with van der Waals surface area (Å²) in [5.74, 6) is 0.161. The number of benzene rings is 3. The first-order valence-electron chi connectivity index (χ1n) is 12.9. The Balaban J connectivity index is 1.42. The number of rotatable bonds is 13. The molecule has 0 aliphatic rings. The van der Waals surface area contributed by atoms with Gasteiger partial charge in [-0.15, -0.1) is 0 Å². The standard InChI is InChI=1S/C30H30FN3O7S/c1-21(30(36)32-18-27-4-3-17-40-27)34(19-22-5-11-25(39-2)12-6-22)29(35)20-41-26-13-15-28(16-14-26)42(37,38)33-24-9-7-23(31)8-10-24/h3-17,21,33H,18-20H2,1-2H3,(H,32,36). The number of methoxy groups -OCH3 is 1. The van der Waals surface area contributed by atoms with Gasteiger partial charge in [-0.1, -0.05) is 12.1 Å². The van der Waals surface area contributed by atoms with Gasteiger partial charge < -0.3 is 24.1 Å². The molecule has 2 amide bonds. The van der Waals surface area contributed by atoms with Crippen LogP contribution in [0.25, 0.3) is 0 Å². The molecular weight excluding hydrogens is 565 g/mol. The summed E-state index contributed by atoms with van der Waals surface area (Å²) < 4.78 is 57.0. The van der Waals surface area contributed by atoms with Crippen molar-refractivity contribution in [2.24, 2.45) is 0 Å². The maximum absolute atomic E-state index is 13.3. The molecule has 0 aliphatic heterocycles. The van der Waals surface area contributed by atoms with E-state index in [1.807, 2.05) is 0 Å². The molecule has 10 nitrogen and oxygen atoms in total. The van der Waals surface area contributed by atoms with Crippen molar-refractivity contribution >= 4 is 27.5 Å². The van der Waals surface area contributed by atoms with Crippen LogP contribution in [0, 0.1) is 5.82 Å². The molecule has 1 aromatic heterocycles. The third kappa shape index (κ3) is 8.10. The van der Waals surface area contributed by atoms with Crippen LogP contribution in [-0.4, -0.2) is 44.9 Å². The van der Waals surface area contributed by atoms with E-state index in [1.165, 1.54) is 47.6 Å². The summed E-state index contributed by atoms with van der Waals surface area (Å²) in [6.07, 6.45) is 1.51. The molecule has 4 aromatic rings. The number of ether oxygens (including phenoxy) is 2. The average molecular weight is 596 g/mol. The van der Waals surface area contributed by atoms with Gasteiger partial charge in [-0.2, -0.15) is 0 Å². The minimum Gasteiger partial charge on any atom is -0.497 e. The van der Waals surface area contributed by atoms with E-state index in [0.717, 1.165) is 17.7 Å².